The van der Waals surface area contributed by atoms with Crippen molar-refractivity contribution in [3.63, 3.8) is 0 Å². The first-order chi connectivity index (χ1) is 9.22. The molecule has 0 aliphatic heterocycles. The van der Waals surface area contributed by atoms with Crippen molar-refractivity contribution >= 4 is 23.2 Å². The number of carbonyl (C=O) groups is 1. The molecule has 5 nitrogen and oxygen atoms in total. The third-order valence-electron chi connectivity index (χ3n) is 2.54. The van der Waals surface area contributed by atoms with E-state index in [0.717, 1.165) is 0 Å². The van der Waals surface area contributed by atoms with Gasteiger partial charge >= 0.3 is 0 Å². The number of nitrogens with zero attached hydrogens (tertiary/aromatic N) is 1. The van der Waals surface area contributed by atoms with Crippen LogP contribution in [0.1, 0.15) is 30.6 Å². The maximum atomic E-state index is 13.1. The van der Waals surface area contributed by atoms with Gasteiger partial charge in [-0.15, -0.1) is 11.6 Å². The summed E-state index contributed by atoms with van der Waals surface area (Å²) in [5.41, 5.74) is -1.31. The molecule has 1 aromatic rings. The molecule has 1 amide bonds. The van der Waals surface area contributed by atoms with E-state index in [1.165, 1.54) is 0 Å². The number of hydrogen-bond acceptors (Lipinski definition) is 3. The average Bonchev–Trinajstić information content (AvgIpc) is 2.30. The topological polar surface area (TPSA) is 72.2 Å². The molecule has 0 saturated carbocycles. The van der Waals surface area contributed by atoms with Crippen molar-refractivity contribution in [2.24, 2.45) is 0 Å². The van der Waals surface area contributed by atoms with E-state index in [2.05, 4.69) is 5.32 Å². The van der Waals surface area contributed by atoms with Crippen LogP contribution in [0.5, 0.6) is 0 Å². The minimum Gasteiger partial charge on any atom is -0.349 e. The second kappa shape index (κ2) is 6.60. The highest BCUT2D eigenvalue weighted by Gasteiger charge is 2.24. The Morgan fingerprint density at radius 3 is 2.45 bits per heavy atom. The third-order valence-corrected chi connectivity index (χ3v) is 2.71. The van der Waals surface area contributed by atoms with Crippen LogP contribution in [0, 0.1) is 21.7 Å². The number of rotatable bonds is 5. The molecular formula is C12H13ClF2N2O3. The Kier molecular flexibility index (Phi) is 5.38. The van der Waals surface area contributed by atoms with Gasteiger partial charge in [0.1, 0.15) is 5.56 Å². The van der Waals surface area contributed by atoms with Crippen molar-refractivity contribution in [2.75, 3.05) is 0 Å². The van der Waals surface area contributed by atoms with Gasteiger partial charge in [-0.2, -0.15) is 0 Å². The van der Waals surface area contributed by atoms with Gasteiger partial charge in [-0.25, -0.2) is 8.78 Å². The first-order valence-corrected chi connectivity index (χ1v) is 6.24. The molecule has 1 rings (SSSR count). The maximum absolute atomic E-state index is 13.1. The van der Waals surface area contributed by atoms with Crippen molar-refractivity contribution in [1.82, 2.24) is 5.32 Å². The number of alkyl halides is 1. The van der Waals surface area contributed by atoms with Crippen LogP contribution in [0.15, 0.2) is 12.1 Å². The SMILES string of the molecule is CC(Cl)CC(C)NC(=O)c1cc(F)c(F)cc1[N+](=O)[O-]. The Balaban J connectivity index is 3.03. The van der Waals surface area contributed by atoms with Gasteiger partial charge in [-0.05, 0) is 26.3 Å². The summed E-state index contributed by atoms with van der Waals surface area (Å²) in [7, 11) is 0. The molecule has 20 heavy (non-hydrogen) atoms. The van der Waals surface area contributed by atoms with Crippen molar-refractivity contribution < 1.29 is 18.5 Å². The molecule has 110 valence electrons. The molecule has 0 saturated heterocycles. The van der Waals surface area contributed by atoms with Gasteiger partial charge in [0.15, 0.2) is 11.6 Å². The molecule has 0 radical (unpaired) electrons. The van der Waals surface area contributed by atoms with Crippen LogP contribution in [0.4, 0.5) is 14.5 Å². The average molecular weight is 307 g/mol. The molecule has 0 bridgehead atoms. The van der Waals surface area contributed by atoms with Crippen LogP contribution in [0.2, 0.25) is 0 Å². The van der Waals surface area contributed by atoms with Crippen molar-refractivity contribution in [3.8, 4) is 0 Å². The van der Waals surface area contributed by atoms with Gasteiger partial charge in [-0.1, -0.05) is 0 Å². The molecule has 0 fully saturated rings. The summed E-state index contributed by atoms with van der Waals surface area (Å²) in [5, 5.41) is 13.0. The second-order valence-electron chi connectivity index (χ2n) is 4.43. The second-order valence-corrected chi connectivity index (χ2v) is 5.18. The molecule has 1 N–H and O–H groups in total. The summed E-state index contributed by atoms with van der Waals surface area (Å²) in [6.07, 6.45) is 0.435. The highest BCUT2D eigenvalue weighted by atomic mass is 35.5. The molecule has 8 heteroatoms. The zero-order valence-electron chi connectivity index (χ0n) is 10.8. The number of hydrogen-bond donors (Lipinski definition) is 1. The molecule has 0 spiro atoms. The van der Waals surface area contributed by atoms with Crippen LogP contribution < -0.4 is 5.32 Å². The molecule has 1 aromatic carbocycles. The molecule has 0 aromatic heterocycles. The normalized spacial score (nSPS) is 13.7. The number of nitro benzene ring substituents is 1. The predicted molar refractivity (Wildman–Crippen MR) is 69.9 cm³/mol. The standard InChI is InChI=1S/C12H13ClF2N2O3/c1-6(13)3-7(2)16-12(18)8-4-9(14)10(15)5-11(8)17(19)20/h4-7H,3H2,1-2H3,(H,16,18). The van der Waals surface area contributed by atoms with Crippen molar-refractivity contribution in [2.45, 2.75) is 31.7 Å². The number of amides is 1. The number of carbonyl (C=O) groups excluding carboxylic acids is 1. The van der Waals surface area contributed by atoms with Gasteiger partial charge in [-0.3, -0.25) is 14.9 Å². The molecule has 0 heterocycles. The number of nitrogens with one attached hydrogen (secondary N) is 1. The summed E-state index contributed by atoms with van der Waals surface area (Å²) in [5.74, 6) is -3.55. The smallest absolute Gasteiger partial charge is 0.285 e. The van der Waals surface area contributed by atoms with E-state index in [4.69, 9.17) is 11.6 Å². The summed E-state index contributed by atoms with van der Waals surface area (Å²) >= 11 is 5.76. The lowest BCUT2D eigenvalue weighted by Gasteiger charge is -2.15. The lowest BCUT2D eigenvalue weighted by atomic mass is 10.1. The Labute approximate surface area is 119 Å². The highest BCUT2D eigenvalue weighted by Crippen LogP contribution is 2.22. The van der Waals surface area contributed by atoms with Gasteiger partial charge in [0.25, 0.3) is 11.6 Å². The Hall–Kier alpha value is -1.76. The number of nitro groups is 1. The van der Waals surface area contributed by atoms with Crippen molar-refractivity contribution in [1.29, 1.82) is 0 Å². The van der Waals surface area contributed by atoms with E-state index in [9.17, 15) is 23.7 Å². The van der Waals surface area contributed by atoms with E-state index >= 15 is 0 Å². The predicted octanol–water partition coefficient (Wildman–Crippen LogP) is 3.01. The third kappa shape index (κ3) is 4.12. The molecular weight excluding hydrogens is 294 g/mol. The summed E-state index contributed by atoms with van der Waals surface area (Å²) in [4.78, 5) is 21.7. The lowest BCUT2D eigenvalue weighted by molar-refractivity contribution is -0.385. The Morgan fingerprint density at radius 1 is 1.40 bits per heavy atom. The van der Waals surface area contributed by atoms with Crippen LogP contribution in [-0.2, 0) is 0 Å². The van der Waals surface area contributed by atoms with Gasteiger partial charge in [0.2, 0.25) is 0 Å². The first-order valence-electron chi connectivity index (χ1n) is 5.80. The largest absolute Gasteiger partial charge is 0.349 e. The Morgan fingerprint density at radius 2 is 1.95 bits per heavy atom. The first kappa shape index (κ1) is 16.3. The van der Waals surface area contributed by atoms with Crippen LogP contribution in [0.3, 0.4) is 0 Å². The summed E-state index contributed by atoms with van der Waals surface area (Å²) < 4.78 is 26.1. The van der Waals surface area contributed by atoms with Crippen molar-refractivity contribution in [3.05, 3.63) is 39.4 Å². The zero-order valence-corrected chi connectivity index (χ0v) is 11.6. The van der Waals surface area contributed by atoms with Gasteiger partial charge in [0.05, 0.1) is 11.0 Å². The fraction of sp³-hybridized carbons (Fsp3) is 0.417. The fourth-order valence-electron chi connectivity index (χ4n) is 1.72. The zero-order chi connectivity index (χ0) is 15.4. The van der Waals surface area contributed by atoms with E-state index in [1.807, 2.05) is 0 Å². The number of halogens is 3. The quantitative estimate of drug-likeness (QED) is 0.516. The monoisotopic (exact) mass is 306 g/mol. The van der Waals surface area contributed by atoms with Crippen LogP contribution in [0.25, 0.3) is 0 Å². The highest BCUT2D eigenvalue weighted by molar-refractivity contribution is 6.20. The summed E-state index contributed by atoms with van der Waals surface area (Å²) in [6, 6.07) is 0.543. The van der Waals surface area contributed by atoms with Gasteiger partial charge < -0.3 is 5.32 Å². The van der Waals surface area contributed by atoms with Crippen LogP contribution in [-0.4, -0.2) is 22.2 Å². The Bertz CT molecular complexity index is 538. The molecule has 2 unspecified atom stereocenters. The summed E-state index contributed by atoms with van der Waals surface area (Å²) in [6.45, 7) is 3.38. The lowest BCUT2D eigenvalue weighted by Crippen LogP contribution is -2.34. The molecule has 0 aliphatic carbocycles. The minimum atomic E-state index is -1.38. The number of benzene rings is 1. The van der Waals surface area contributed by atoms with Gasteiger partial charge in [0, 0.05) is 11.4 Å². The fourth-order valence-corrected chi connectivity index (χ4v) is 1.98. The minimum absolute atomic E-state index is 0.203. The van der Waals surface area contributed by atoms with E-state index in [1.54, 1.807) is 13.8 Å². The van der Waals surface area contributed by atoms with E-state index < -0.39 is 33.7 Å². The van der Waals surface area contributed by atoms with E-state index in [-0.39, 0.29) is 11.4 Å². The van der Waals surface area contributed by atoms with Crippen LogP contribution >= 0.6 is 11.6 Å². The maximum Gasteiger partial charge on any atom is 0.285 e. The molecule has 0 aliphatic rings. The molecule has 2 atom stereocenters. The van der Waals surface area contributed by atoms with E-state index in [0.29, 0.717) is 18.6 Å².